The molecule has 0 aromatic heterocycles. The molecule has 3 N–H and O–H groups in total. The number of anilines is 1. The van der Waals surface area contributed by atoms with E-state index in [1.165, 1.54) is 6.08 Å². The summed E-state index contributed by atoms with van der Waals surface area (Å²) in [5.41, 5.74) is 8.63. The van der Waals surface area contributed by atoms with Gasteiger partial charge in [-0.3, -0.25) is 9.59 Å². The molecule has 184 valence electrons. The third-order valence-electron chi connectivity index (χ3n) is 6.76. The average molecular weight is 475 g/mol. The molecule has 6 heteroatoms. The zero-order chi connectivity index (χ0) is 25.8. The van der Waals surface area contributed by atoms with Gasteiger partial charge in [-0.2, -0.15) is 0 Å². The van der Waals surface area contributed by atoms with Crippen LogP contribution in [-0.4, -0.2) is 36.7 Å². The van der Waals surface area contributed by atoms with Crippen LogP contribution in [-0.2, 0) is 19.9 Å². The largest absolute Gasteiger partial charge is 0.480 e. The molecule has 3 rings (SSSR count). The van der Waals surface area contributed by atoms with Crippen LogP contribution >= 0.6 is 0 Å². The van der Waals surface area contributed by atoms with Gasteiger partial charge in [-0.05, 0) is 71.7 Å². The highest BCUT2D eigenvalue weighted by Crippen LogP contribution is 2.30. The summed E-state index contributed by atoms with van der Waals surface area (Å²) in [4.78, 5) is 39.7. The van der Waals surface area contributed by atoms with E-state index >= 15 is 0 Å². The third kappa shape index (κ3) is 5.77. The van der Waals surface area contributed by atoms with Gasteiger partial charge in [-0.15, -0.1) is 0 Å². The molecule has 2 aromatic carbocycles. The second-order valence-corrected chi connectivity index (χ2v) is 9.65. The Labute approximate surface area is 207 Å². The molecule has 6 nitrogen and oxygen atoms in total. The summed E-state index contributed by atoms with van der Waals surface area (Å²) in [5.74, 6) is -2.37. The topological polar surface area (TPSA) is 101 Å². The number of nitrogens with zero attached hydrogens (tertiary/aromatic N) is 1. The molecule has 1 aliphatic rings. The van der Waals surface area contributed by atoms with E-state index in [0.717, 1.165) is 23.2 Å². The number of nitrogens with two attached hydrogens (primary N) is 1. The first kappa shape index (κ1) is 26.1. The van der Waals surface area contributed by atoms with Crippen molar-refractivity contribution in [3.63, 3.8) is 0 Å². The minimum absolute atomic E-state index is 0.107. The molecule has 0 saturated heterocycles. The number of hydrogen-bond acceptors (Lipinski definition) is 5. The van der Waals surface area contributed by atoms with E-state index in [2.05, 4.69) is 0 Å². The van der Waals surface area contributed by atoms with Gasteiger partial charge in [0.05, 0.1) is 5.92 Å². The summed E-state index contributed by atoms with van der Waals surface area (Å²) in [6, 6.07) is 14.8. The Morgan fingerprint density at radius 2 is 1.66 bits per heavy atom. The van der Waals surface area contributed by atoms with Gasteiger partial charge in [0.2, 0.25) is 0 Å². The van der Waals surface area contributed by atoms with Crippen LogP contribution in [0.3, 0.4) is 0 Å². The predicted molar refractivity (Wildman–Crippen MR) is 140 cm³/mol. The second kappa shape index (κ2) is 10.8. The lowest BCUT2D eigenvalue weighted by Crippen LogP contribution is -2.49. The van der Waals surface area contributed by atoms with E-state index in [1.54, 1.807) is 44.2 Å². The van der Waals surface area contributed by atoms with Crippen LogP contribution in [0.15, 0.2) is 60.2 Å². The number of ketones is 2. The van der Waals surface area contributed by atoms with Gasteiger partial charge in [0.25, 0.3) is 0 Å². The molecule has 0 radical (unpaired) electrons. The Balaban J connectivity index is 1.72. The summed E-state index contributed by atoms with van der Waals surface area (Å²) in [7, 11) is 3.95. The van der Waals surface area contributed by atoms with E-state index in [1.807, 2.05) is 49.3 Å². The Bertz CT molecular complexity index is 1140. The lowest BCUT2D eigenvalue weighted by molar-refractivity contribution is -0.145. The van der Waals surface area contributed by atoms with Gasteiger partial charge in [0, 0.05) is 19.8 Å². The zero-order valence-electron chi connectivity index (χ0n) is 20.8. The van der Waals surface area contributed by atoms with Gasteiger partial charge < -0.3 is 15.7 Å². The van der Waals surface area contributed by atoms with Gasteiger partial charge in [-0.1, -0.05) is 56.3 Å². The molecule has 2 unspecified atom stereocenters. The monoisotopic (exact) mass is 474 g/mol. The summed E-state index contributed by atoms with van der Waals surface area (Å²) in [6.45, 7) is 3.53. The van der Waals surface area contributed by atoms with Crippen molar-refractivity contribution in [2.24, 2.45) is 17.6 Å². The number of carbonyl (C=O) groups excluding carboxylic acids is 2. The first-order valence-corrected chi connectivity index (χ1v) is 11.9. The second-order valence-electron chi connectivity index (χ2n) is 9.65. The quantitative estimate of drug-likeness (QED) is 0.426. The first-order chi connectivity index (χ1) is 16.5. The van der Waals surface area contributed by atoms with Crippen LogP contribution in [0.2, 0.25) is 0 Å². The fraction of sp³-hybridized carbons (Fsp3) is 0.345. The molecule has 1 aliphatic carbocycles. The van der Waals surface area contributed by atoms with Crippen molar-refractivity contribution >= 4 is 35.4 Å². The predicted octanol–water partition coefficient (Wildman–Crippen LogP) is 4.68. The van der Waals surface area contributed by atoms with Crippen molar-refractivity contribution in [3.8, 4) is 0 Å². The Morgan fingerprint density at radius 1 is 1.06 bits per heavy atom. The molecule has 35 heavy (non-hydrogen) atoms. The number of carboxylic acid groups (broad SMARTS) is 1. The maximum absolute atomic E-state index is 13.0. The van der Waals surface area contributed by atoms with Gasteiger partial charge in [0.15, 0.2) is 11.6 Å². The highest BCUT2D eigenvalue weighted by Gasteiger charge is 2.39. The minimum Gasteiger partial charge on any atom is -0.480 e. The number of carbonyl (C=O) groups is 3. The van der Waals surface area contributed by atoms with Crippen LogP contribution in [0.25, 0.3) is 12.2 Å². The first-order valence-electron chi connectivity index (χ1n) is 11.9. The van der Waals surface area contributed by atoms with Crippen LogP contribution in [0, 0.1) is 11.8 Å². The molecule has 0 spiro atoms. The maximum Gasteiger partial charge on any atom is 0.328 e. The Morgan fingerprint density at radius 3 is 2.20 bits per heavy atom. The maximum atomic E-state index is 13.0. The van der Waals surface area contributed by atoms with Gasteiger partial charge >= 0.3 is 5.97 Å². The highest BCUT2D eigenvalue weighted by atomic mass is 16.4. The lowest BCUT2D eigenvalue weighted by Gasteiger charge is -2.29. The standard InChI is InChI=1S/C29H34N2O4/c1-19(2)29(30,28(34)35)23-13-8-20(9-14-23)12-17-26(32)25-7-5-6-22(27(25)33)18-21-10-15-24(16-11-21)31(3)4/h8-19,25H,5-7,30H2,1-4H3,(H,34,35). The van der Waals surface area contributed by atoms with Crippen LogP contribution < -0.4 is 10.6 Å². The number of carboxylic acids is 1. The molecule has 0 aliphatic heterocycles. The molecular weight excluding hydrogens is 440 g/mol. The summed E-state index contributed by atoms with van der Waals surface area (Å²) < 4.78 is 0. The normalized spacial score (nSPS) is 19.2. The number of rotatable bonds is 8. The Hall–Kier alpha value is -3.51. The summed E-state index contributed by atoms with van der Waals surface area (Å²) in [6.07, 6.45) is 6.99. The fourth-order valence-corrected chi connectivity index (χ4v) is 4.33. The number of benzene rings is 2. The van der Waals surface area contributed by atoms with Crippen molar-refractivity contribution in [3.05, 3.63) is 76.9 Å². The lowest BCUT2D eigenvalue weighted by atomic mass is 9.80. The zero-order valence-corrected chi connectivity index (χ0v) is 20.8. The molecular formula is C29H34N2O4. The number of hydrogen-bond donors (Lipinski definition) is 2. The molecule has 1 fully saturated rings. The molecule has 0 amide bonds. The van der Waals surface area contributed by atoms with E-state index in [-0.39, 0.29) is 17.5 Å². The molecule has 0 bridgehead atoms. The average Bonchev–Trinajstić information content (AvgIpc) is 2.83. The fourth-order valence-electron chi connectivity index (χ4n) is 4.33. The van der Waals surface area contributed by atoms with Crippen molar-refractivity contribution in [2.45, 2.75) is 38.6 Å². The number of aliphatic carboxylic acids is 1. The van der Waals surface area contributed by atoms with Crippen molar-refractivity contribution < 1.29 is 19.5 Å². The van der Waals surface area contributed by atoms with Crippen molar-refractivity contribution in [2.75, 3.05) is 19.0 Å². The summed E-state index contributed by atoms with van der Waals surface area (Å²) >= 11 is 0. The SMILES string of the molecule is CC(C)C(N)(C(=O)O)c1ccc(C=CC(=O)C2CCCC(=Cc3ccc(N(C)C)cc3)C2=O)cc1. The van der Waals surface area contributed by atoms with Crippen LogP contribution in [0.5, 0.6) is 0 Å². The molecule has 1 saturated carbocycles. The minimum atomic E-state index is -1.48. The van der Waals surface area contributed by atoms with Crippen LogP contribution in [0.1, 0.15) is 49.8 Å². The molecule has 2 atom stereocenters. The van der Waals surface area contributed by atoms with Crippen molar-refractivity contribution in [1.29, 1.82) is 0 Å². The van der Waals surface area contributed by atoms with E-state index in [9.17, 15) is 19.5 Å². The van der Waals surface area contributed by atoms with E-state index in [0.29, 0.717) is 24.0 Å². The highest BCUT2D eigenvalue weighted by molar-refractivity contribution is 6.16. The van der Waals surface area contributed by atoms with E-state index in [4.69, 9.17) is 5.73 Å². The number of allylic oxidation sites excluding steroid dienone is 2. The smallest absolute Gasteiger partial charge is 0.328 e. The third-order valence-corrected chi connectivity index (χ3v) is 6.76. The Kier molecular flexibility index (Phi) is 8.07. The van der Waals surface area contributed by atoms with E-state index < -0.39 is 17.4 Å². The van der Waals surface area contributed by atoms with Gasteiger partial charge in [-0.25, -0.2) is 4.79 Å². The molecule has 0 heterocycles. The van der Waals surface area contributed by atoms with Crippen molar-refractivity contribution in [1.82, 2.24) is 0 Å². The molecule has 2 aromatic rings. The van der Waals surface area contributed by atoms with Gasteiger partial charge in [0.1, 0.15) is 5.54 Å². The van der Waals surface area contributed by atoms with Crippen LogP contribution in [0.4, 0.5) is 5.69 Å². The number of Topliss-reactive ketones (excluding diaryl/α,β-unsaturated/α-hetero) is 1. The summed E-state index contributed by atoms with van der Waals surface area (Å²) in [5, 5.41) is 9.60.